The molecule has 0 saturated carbocycles. The summed E-state index contributed by atoms with van der Waals surface area (Å²) in [7, 11) is 1.94. The Morgan fingerprint density at radius 3 is 2.70 bits per heavy atom. The quantitative estimate of drug-likeness (QED) is 0.665. The molecule has 7 heteroatoms. The third kappa shape index (κ3) is 4.55. The molecule has 158 valence electrons. The smallest absolute Gasteiger partial charge is 0.257 e. The number of nitrogens with one attached hydrogen (secondary N) is 1. The number of halogens is 2. The Bertz CT molecular complexity index is 1020. The van der Waals surface area contributed by atoms with E-state index in [-0.39, 0.29) is 24.1 Å². The van der Waals surface area contributed by atoms with Gasteiger partial charge in [0.25, 0.3) is 5.91 Å². The molecule has 1 aromatic heterocycles. The molecule has 1 amide bonds. The van der Waals surface area contributed by atoms with Crippen LogP contribution in [0.2, 0.25) is 0 Å². The summed E-state index contributed by atoms with van der Waals surface area (Å²) in [4.78, 5) is 15.3. The molecule has 1 N–H and O–H groups in total. The number of rotatable bonds is 5. The van der Waals surface area contributed by atoms with Crippen LogP contribution in [0.5, 0.6) is 0 Å². The SMILES string of the molecule is CNCC1CCN(C(=O)c2cn(-c3ccc(F)cc3)nc2-c2cccc(C)c2)C1.Cl. The zero-order chi connectivity index (χ0) is 20.4. The van der Waals surface area contributed by atoms with Gasteiger partial charge in [0.05, 0.1) is 11.3 Å². The van der Waals surface area contributed by atoms with Gasteiger partial charge < -0.3 is 10.2 Å². The lowest BCUT2D eigenvalue weighted by molar-refractivity contribution is 0.0788. The Hall–Kier alpha value is -2.70. The van der Waals surface area contributed by atoms with Crippen LogP contribution in [0.1, 0.15) is 22.3 Å². The first-order chi connectivity index (χ1) is 14.0. The number of likely N-dealkylation sites (tertiary alicyclic amines) is 1. The number of aryl methyl sites for hydroxylation is 1. The average Bonchev–Trinajstić information content (AvgIpc) is 3.36. The van der Waals surface area contributed by atoms with E-state index in [2.05, 4.69) is 5.32 Å². The Morgan fingerprint density at radius 2 is 2.00 bits per heavy atom. The van der Waals surface area contributed by atoms with E-state index in [1.54, 1.807) is 23.0 Å². The molecule has 1 atom stereocenters. The predicted octanol–water partition coefficient (Wildman–Crippen LogP) is 4.09. The van der Waals surface area contributed by atoms with Crippen molar-refractivity contribution in [2.24, 2.45) is 5.92 Å². The fourth-order valence-electron chi connectivity index (χ4n) is 3.90. The topological polar surface area (TPSA) is 50.2 Å². The summed E-state index contributed by atoms with van der Waals surface area (Å²) >= 11 is 0. The molecular weight excluding hydrogens is 403 g/mol. The summed E-state index contributed by atoms with van der Waals surface area (Å²) in [6.07, 6.45) is 2.76. The molecule has 3 aromatic rings. The van der Waals surface area contributed by atoms with Crippen molar-refractivity contribution < 1.29 is 9.18 Å². The van der Waals surface area contributed by atoms with Crippen LogP contribution in [-0.4, -0.2) is 47.3 Å². The van der Waals surface area contributed by atoms with E-state index in [0.29, 0.717) is 22.9 Å². The highest BCUT2D eigenvalue weighted by atomic mass is 35.5. The molecule has 0 bridgehead atoms. The van der Waals surface area contributed by atoms with Gasteiger partial charge in [0, 0.05) is 24.8 Å². The maximum Gasteiger partial charge on any atom is 0.257 e. The summed E-state index contributed by atoms with van der Waals surface area (Å²) in [5.41, 5.74) is 3.95. The Morgan fingerprint density at radius 1 is 1.23 bits per heavy atom. The van der Waals surface area contributed by atoms with Gasteiger partial charge in [-0.3, -0.25) is 4.79 Å². The van der Waals surface area contributed by atoms with Gasteiger partial charge in [-0.1, -0.05) is 23.8 Å². The maximum atomic E-state index is 13.4. The minimum absolute atomic E-state index is 0. The first kappa shape index (κ1) is 22.0. The van der Waals surface area contributed by atoms with Crippen molar-refractivity contribution in [1.82, 2.24) is 20.0 Å². The molecule has 0 aliphatic carbocycles. The highest BCUT2D eigenvalue weighted by Gasteiger charge is 2.29. The van der Waals surface area contributed by atoms with Crippen molar-refractivity contribution in [3.63, 3.8) is 0 Å². The fraction of sp³-hybridized carbons (Fsp3) is 0.304. The van der Waals surface area contributed by atoms with Crippen molar-refractivity contribution in [2.75, 3.05) is 26.7 Å². The Balaban J connectivity index is 0.00000256. The van der Waals surface area contributed by atoms with Gasteiger partial charge in [-0.25, -0.2) is 9.07 Å². The molecule has 30 heavy (non-hydrogen) atoms. The molecule has 1 aliphatic heterocycles. The standard InChI is InChI=1S/C23H25FN4O.ClH/c1-16-4-3-5-18(12-16)22-21(23(29)27-11-10-17(14-27)13-25-2)15-28(26-22)20-8-6-19(24)7-9-20;/h3-9,12,15,17,25H,10-11,13-14H2,1-2H3;1H. The van der Waals surface area contributed by atoms with Crippen LogP contribution in [0.25, 0.3) is 16.9 Å². The third-order valence-electron chi connectivity index (χ3n) is 5.39. The number of aromatic nitrogens is 2. The van der Waals surface area contributed by atoms with E-state index in [4.69, 9.17) is 5.10 Å². The van der Waals surface area contributed by atoms with Gasteiger partial charge in [-0.05, 0) is 63.2 Å². The summed E-state index contributed by atoms with van der Waals surface area (Å²) in [5, 5.41) is 7.90. The molecule has 1 saturated heterocycles. The minimum atomic E-state index is -0.302. The normalized spacial score (nSPS) is 15.8. The zero-order valence-corrected chi connectivity index (χ0v) is 18.0. The van der Waals surface area contributed by atoms with Gasteiger partial charge in [-0.2, -0.15) is 5.10 Å². The van der Waals surface area contributed by atoms with E-state index in [1.807, 2.05) is 43.1 Å². The van der Waals surface area contributed by atoms with E-state index >= 15 is 0 Å². The number of hydrogen-bond acceptors (Lipinski definition) is 3. The molecule has 1 aliphatic rings. The van der Waals surface area contributed by atoms with Crippen molar-refractivity contribution in [3.8, 4) is 16.9 Å². The summed E-state index contributed by atoms with van der Waals surface area (Å²) in [6.45, 7) is 4.42. The number of carbonyl (C=O) groups excluding carboxylic acids is 1. The maximum absolute atomic E-state index is 13.4. The molecule has 0 radical (unpaired) electrons. The first-order valence-corrected chi connectivity index (χ1v) is 9.91. The molecule has 0 spiro atoms. The summed E-state index contributed by atoms with van der Waals surface area (Å²) in [5.74, 6) is 0.163. The van der Waals surface area contributed by atoms with Crippen molar-refractivity contribution in [3.05, 3.63) is 71.7 Å². The van der Waals surface area contributed by atoms with Crippen LogP contribution in [-0.2, 0) is 0 Å². The van der Waals surface area contributed by atoms with Crippen LogP contribution in [0.4, 0.5) is 4.39 Å². The van der Waals surface area contributed by atoms with Crippen LogP contribution >= 0.6 is 12.4 Å². The Kier molecular flexibility index (Phi) is 6.90. The van der Waals surface area contributed by atoms with Crippen LogP contribution in [0.3, 0.4) is 0 Å². The summed E-state index contributed by atoms with van der Waals surface area (Å²) in [6, 6.07) is 14.1. The number of benzene rings is 2. The second-order valence-corrected chi connectivity index (χ2v) is 7.65. The summed E-state index contributed by atoms with van der Waals surface area (Å²) < 4.78 is 15.0. The lowest BCUT2D eigenvalue weighted by atomic mass is 10.1. The van der Waals surface area contributed by atoms with E-state index in [9.17, 15) is 9.18 Å². The van der Waals surface area contributed by atoms with Gasteiger partial charge in [0.2, 0.25) is 0 Å². The average molecular weight is 429 g/mol. The molecule has 2 aromatic carbocycles. The molecule has 1 fully saturated rings. The monoisotopic (exact) mass is 428 g/mol. The number of amides is 1. The lowest BCUT2D eigenvalue weighted by Gasteiger charge is -2.16. The second kappa shape index (κ2) is 9.41. The van der Waals surface area contributed by atoms with E-state index < -0.39 is 0 Å². The fourth-order valence-corrected chi connectivity index (χ4v) is 3.90. The van der Waals surface area contributed by atoms with Crippen LogP contribution in [0, 0.1) is 18.7 Å². The van der Waals surface area contributed by atoms with E-state index in [1.165, 1.54) is 12.1 Å². The van der Waals surface area contributed by atoms with Crippen molar-refractivity contribution in [1.29, 1.82) is 0 Å². The van der Waals surface area contributed by atoms with Crippen LogP contribution < -0.4 is 5.32 Å². The highest BCUT2D eigenvalue weighted by molar-refractivity contribution is 6.00. The lowest BCUT2D eigenvalue weighted by Crippen LogP contribution is -2.30. The minimum Gasteiger partial charge on any atom is -0.338 e. The molecule has 4 rings (SSSR count). The van der Waals surface area contributed by atoms with E-state index in [0.717, 1.165) is 37.2 Å². The first-order valence-electron chi connectivity index (χ1n) is 9.91. The van der Waals surface area contributed by atoms with Crippen molar-refractivity contribution in [2.45, 2.75) is 13.3 Å². The largest absolute Gasteiger partial charge is 0.338 e. The molecule has 2 heterocycles. The number of carbonyl (C=O) groups is 1. The van der Waals surface area contributed by atoms with Crippen LogP contribution in [0.15, 0.2) is 54.7 Å². The molecule has 1 unspecified atom stereocenters. The highest BCUT2D eigenvalue weighted by Crippen LogP contribution is 2.27. The van der Waals surface area contributed by atoms with Crippen molar-refractivity contribution >= 4 is 18.3 Å². The molecule has 5 nitrogen and oxygen atoms in total. The number of nitrogens with zero attached hydrogens (tertiary/aromatic N) is 3. The Labute approximate surface area is 182 Å². The predicted molar refractivity (Wildman–Crippen MR) is 119 cm³/mol. The number of hydrogen-bond donors (Lipinski definition) is 1. The van der Waals surface area contributed by atoms with Gasteiger partial charge in [0.1, 0.15) is 11.5 Å². The van der Waals surface area contributed by atoms with Gasteiger partial charge >= 0.3 is 0 Å². The molecular formula is C23H26ClFN4O. The second-order valence-electron chi connectivity index (χ2n) is 7.65. The third-order valence-corrected chi connectivity index (χ3v) is 5.39. The van der Waals surface area contributed by atoms with Gasteiger partial charge in [-0.15, -0.1) is 12.4 Å². The zero-order valence-electron chi connectivity index (χ0n) is 17.1. The van der Waals surface area contributed by atoms with Gasteiger partial charge in [0.15, 0.2) is 0 Å².